The van der Waals surface area contributed by atoms with Gasteiger partial charge in [-0.3, -0.25) is 0 Å². The molecule has 1 aromatic carbocycles. The Morgan fingerprint density at radius 3 is 2.85 bits per heavy atom. The van der Waals surface area contributed by atoms with Gasteiger partial charge in [0.25, 0.3) is 5.71 Å². The minimum Gasteiger partial charge on any atom is -0.336 e. The zero-order valence-corrected chi connectivity index (χ0v) is 15.8. The number of nitrogens with one attached hydrogen (secondary N) is 2. The van der Waals surface area contributed by atoms with Crippen LogP contribution >= 0.6 is 12.4 Å². The highest BCUT2D eigenvalue weighted by molar-refractivity contribution is 7.89. The lowest BCUT2D eigenvalue weighted by molar-refractivity contribution is 0.439. The summed E-state index contributed by atoms with van der Waals surface area (Å²) in [5, 5.41) is 7.82. The molecule has 0 atom stereocenters. The molecule has 1 aliphatic rings. The van der Waals surface area contributed by atoms with Crippen LogP contribution in [0.5, 0.6) is 0 Å². The maximum atomic E-state index is 12.6. The molecule has 0 saturated carbocycles. The molecule has 9 heteroatoms. The number of aryl methyl sites for hydroxylation is 1. The van der Waals surface area contributed by atoms with Crippen molar-refractivity contribution in [3.63, 3.8) is 0 Å². The zero-order valence-electron chi connectivity index (χ0n) is 14.2. The number of rotatable bonds is 5. The Labute approximate surface area is 157 Å². The molecule has 0 spiro atoms. The van der Waals surface area contributed by atoms with Gasteiger partial charge in [-0.1, -0.05) is 30.3 Å². The van der Waals surface area contributed by atoms with Gasteiger partial charge in [-0.15, -0.1) is 12.4 Å². The summed E-state index contributed by atoms with van der Waals surface area (Å²) >= 11 is 0. The highest BCUT2D eigenvalue weighted by Gasteiger charge is 2.18. The van der Waals surface area contributed by atoms with Crippen LogP contribution < -0.4 is 10.0 Å². The molecule has 4 rings (SSSR count). The zero-order chi connectivity index (χ0) is 17.4. The molecule has 0 fully saturated rings. The van der Waals surface area contributed by atoms with Crippen molar-refractivity contribution in [3.8, 4) is 0 Å². The van der Waals surface area contributed by atoms with Crippen molar-refractivity contribution in [1.29, 1.82) is 0 Å². The van der Waals surface area contributed by atoms with Crippen molar-refractivity contribution in [1.82, 2.24) is 20.2 Å². The maximum absolute atomic E-state index is 12.6. The molecule has 3 heterocycles. The molecule has 0 aliphatic carbocycles. The predicted molar refractivity (Wildman–Crippen MR) is 99.4 cm³/mol. The number of pyridine rings is 1. The summed E-state index contributed by atoms with van der Waals surface area (Å²) in [6.07, 6.45) is 1.94. The van der Waals surface area contributed by atoms with E-state index < -0.39 is 10.0 Å². The normalized spacial score (nSPS) is 13.6. The number of nitrogens with zero attached hydrogens (tertiary/aromatic N) is 2. The number of aromatic nitrogens is 2. The molecule has 3 aromatic rings. The Kier molecular flexibility index (Phi) is 5.29. The quantitative estimate of drug-likeness (QED) is 0.689. The molecule has 2 aromatic heterocycles. The average molecular weight is 395 g/mol. The number of fused-ring (bicyclic) bond motifs is 2. The van der Waals surface area contributed by atoms with E-state index in [9.17, 15) is 8.42 Å². The first kappa shape index (κ1) is 18.8. The summed E-state index contributed by atoms with van der Waals surface area (Å²) in [4.78, 5) is 4.17. The lowest BCUT2D eigenvalue weighted by atomic mass is 10.1. The number of hydrogen-bond donors (Lipinski definition) is 2. The molecule has 0 amide bonds. The van der Waals surface area contributed by atoms with Crippen LogP contribution in [-0.4, -0.2) is 18.6 Å². The third-order valence-corrected chi connectivity index (χ3v) is 5.76. The van der Waals surface area contributed by atoms with Gasteiger partial charge < -0.3 is 9.84 Å². The van der Waals surface area contributed by atoms with E-state index in [2.05, 4.69) is 20.2 Å². The van der Waals surface area contributed by atoms with E-state index in [4.69, 9.17) is 4.52 Å². The van der Waals surface area contributed by atoms with E-state index in [0.29, 0.717) is 23.2 Å². The van der Waals surface area contributed by atoms with Crippen molar-refractivity contribution in [2.45, 2.75) is 37.9 Å². The lowest BCUT2D eigenvalue weighted by Gasteiger charge is -2.08. The summed E-state index contributed by atoms with van der Waals surface area (Å²) in [6, 6.07) is 7.59. The largest absolute Gasteiger partial charge is 0.336 e. The van der Waals surface area contributed by atoms with Crippen molar-refractivity contribution in [2.24, 2.45) is 0 Å². The molecule has 0 radical (unpaired) electrons. The average Bonchev–Trinajstić information content (AvgIpc) is 3.25. The number of hydrogen-bond acceptors (Lipinski definition) is 6. The first-order chi connectivity index (χ1) is 12.1. The van der Waals surface area contributed by atoms with Crippen molar-refractivity contribution in [2.75, 3.05) is 0 Å². The first-order valence-electron chi connectivity index (χ1n) is 8.12. The second-order valence-electron chi connectivity index (χ2n) is 6.04. The third-order valence-electron chi connectivity index (χ3n) is 4.39. The first-order valence-corrected chi connectivity index (χ1v) is 9.60. The van der Waals surface area contributed by atoms with Gasteiger partial charge in [0, 0.05) is 19.6 Å². The van der Waals surface area contributed by atoms with E-state index in [1.165, 1.54) is 17.3 Å². The fraction of sp³-hybridized carbons (Fsp3) is 0.294. The van der Waals surface area contributed by atoms with Gasteiger partial charge in [0.1, 0.15) is 4.90 Å². The second-order valence-corrected chi connectivity index (χ2v) is 7.80. The Morgan fingerprint density at radius 2 is 2.04 bits per heavy atom. The Bertz CT molecular complexity index is 1050. The lowest BCUT2D eigenvalue weighted by Crippen LogP contribution is -2.23. The summed E-state index contributed by atoms with van der Waals surface area (Å²) in [5.41, 5.74) is 4.46. The van der Waals surface area contributed by atoms with Gasteiger partial charge >= 0.3 is 0 Å². The molecule has 0 unspecified atom stereocenters. The van der Waals surface area contributed by atoms with E-state index in [0.717, 1.165) is 18.7 Å². The Balaban J connectivity index is 0.00000196. The highest BCUT2D eigenvalue weighted by Crippen LogP contribution is 2.21. The minimum atomic E-state index is -3.66. The van der Waals surface area contributed by atoms with Gasteiger partial charge in [-0.2, -0.15) is 0 Å². The van der Waals surface area contributed by atoms with Crippen LogP contribution in [0.4, 0.5) is 0 Å². The van der Waals surface area contributed by atoms with Gasteiger partial charge in [0.2, 0.25) is 10.0 Å². The van der Waals surface area contributed by atoms with Crippen molar-refractivity contribution in [3.05, 3.63) is 52.8 Å². The Hall–Kier alpha value is -2.00. The molecule has 7 nitrogen and oxygen atoms in total. The monoisotopic (exact) mass is 394 g/mol. The van der Waals surface area contributed by atoms with Crippen molar-refractivity contribution < 1.29 is 12.9 Å². The van der Waals surface area contributed by atoms with Crippen LogP contribution in [0, 0.1) is 0 Å². The van der Waals surface area contributed by atoms with Crippen LogP contribution in [0.3, 0.4) is 0 Å². The number of benzene rings is 1. The number of halogens is 1. The molecule has 1 aliphatic heterocycles. The SMILES string of the molecule is CCc1noc2ncc(S(=O)(=O)NCc3ccc4c(c3)CNC4)cc12.Cl. The molecule has 2 N–H and O–H groups in total. The van der Waals surface area contributed by atoms with Gasteiger partial charge in [-0.25, -0.2) is 18.1 Å². The van der Waals surface area contributed by atoms with Crippen LogP contribution in [0.1, 0.15) is 29.3 Å². The highest BCUT2D eigenvalue weighted by atomic mass is 35.5. The second kappa shape index (κ2) is 7.32. The summed E-state index contributed by atoms with van der Waals surface area (Å²) < 4.78 is 32.9. The summed E-state index contributed by atoms with van der Waals surface area (Å²) in [6.45, 7) is 3.85. The van der Waals surface area contributed by atoms with Crippen LogP contribution in [0.15, 0.2) is 39.9 Å². The smallest absolute Gasteiger partial charge is 0.258 e. The molecular weight excluding hydrogens is 376 g/mol. The molecule has 0 bridgehead atoms. The fourth-order valence-corrected chi connectivity index (χ4v) is 3.97. The molecule has 138 valence electrons. The summed E-state index contributed by atoms with van der Waals surface area (Å²) in [5.74, 6) is 0. The number of sulfonamides is 1. The molecule has 0 saturated heterocycles. The van der Waals surface area contributed by atoms with E-state index in [1.54, 1.807) is 6.07 Å². The van der Waals surface area contributed by atoms with Gasteiger partial charge in [-0.05, 0) is 29.2 Å². The van der Waals surface area contributed by atoms with Crippen molar-refractivity contribution >= 4 is 33.5 Å². The predicted octanol–water partition coefficient (Wildman–Crippen LogP) is 2.29. The molecule has 26 heavy (non-hydrogen) atoms. The van der Waals surface area contributed by atoms with E-state index >= 15 is 0 Å². The van der Waals surface area contributed by atoms with E-state index in [1.807, 2.05) is 25.1 Å². The van der Waals surface area contributed by atoms with Gasteiger partial charge in [0.15, 0.2) is 0 Å². The minimum absolute atomic E-state index is 0. The van der Waals surface area contributed by atoms with Crippen LogP contribution in [-0.2, 0) is 36.1 Å². The Morgan fingerprint density at radius 1 is 1.23 bits per heavy atom. The fourth-order valence-electron chi connectivity index (χ4n) is 2.98. The van der Waals surface area contributed by atoms with Gasteiger partial charge in [0.05, 0.1) is 17.3 Å². The van der Waals surface area contributed by atoms with E-state index in [-0.39, 0.29) is 23.8 Å². The van der Waals surface area contributed by atoms with Crippen LogP contribution in [0.25, 0.3) is 11.1 Å². The van der Waals surface area contributed by atoms with Crippen LogP contribution in [0.2, 0.25) is 0 Å². The summed E-state index contributed by atoms with van der Waals surface area (Å²) in [7, 11) is -3.66. The topological polar surface area (TPSA) is 97.1 Å². The maximum Gasteiger partial charge on any atom is 0.258 e. The third kappa shape index (κ3) is 3.45. The standard InChI is InChI=1S/C17H18N4O3S.ClH/c1-2-16-15-6-14(10-19-17(15)24-21-16)25(22,23)20-7-11-3-4-12-8-18-9-13(12)5-11;/h3-6,10,18,20H,2,7-9H2,1H3;1H. The molecular formula is C17H19ClN4O3S.